The molecule has 5 fully saturated rings. The van der Waals surface area contributed by atoms with Gasteiger partial charge in [-0.05, 0) is 80.5 Å². The van der Waals surface area contributed by atoms with Gasteiger partial charge in [0.15, 0.2) is 0 Å². The lowest BCUT2D eigenvalue weighted by Gasteiger charge is -2.56. The summed E-state index contributed by atoms with van der Waals surface area (Å²) in [4.78, 5) is 24.4. The zero-order chi connectivity index (χ0) is 16.7. The molecule has 25 heavy (non-hydrogen) atoms. The fraction of sp³-hybridized carbons (Fsp3) is 0.895. The molecular weight excluding hydrogens is 338 g/mol. The summed E-state index contributed by atoms with van der Waals surface area (Å²) in [6.45, 7) is 0.575. The molecule has 0 aromatic rings. The van der Waals surface area contributed by atoms with Gasteiger partial charge in [-0.1, -0.05) is 0 Å². The largest absolute Gasteiger partial charge is 0.350 e. The molecule has 5 saturated carbocycles. The van der Waals surface area contributed by atoms with Gasteiger partial charge in [0.05, 0.1) is 6.54 Å². The lowest BCUT2D eigenvalue weighted by atomic mass is 9.49. The van der Waals surface area contributed by atoms with Gasteiger partial charge >= 0.3 is 0 Å². The molecule has 5 aliphatic rings. The Bertz CT molecular complexity index is 486. The van der Waals surface area contributed by atoms with E-state index in [1.807, 2.05) is 0 Å². The van der Waals surface area contributed by atoms with Crippen molar-refractivity contribution in [3.63, 3.8) is 0 Å². The molecule has 2 amide bonds. The Labute approximate surface area is 156 Å². The van der Waals surface area contributed by atoms with Crippen LogP contribution in [0.5, 0.6) is 0 Å². The Kier molecular flexibility index (Phi) is 5.64. The molecular formula is C19H32ClN3O2. The molecule has 0 aliphatic heterocycles. The Morgan fingerprint density at radius 1 is 1.00 bits per heavy atom. The highest BCUT2D eigenvalue weighted by Gasteiger charge is 2.51. The molecule has 0 saturated heterocycles. The number of amides is 2. The van der Waals surface area contributed by atoms with Crippen LogP contribution in [0.25, 0.3) is 0 Å². The Morgan fingerprint density at radius 3 is 2.04 bits per heavy atom. The Morgan fingerprint density at radius 2 is 1.56 bits per heavy atom. The van der Waals surface area contributed by atoms with Gasteiger partial charge in [-0.3, -0.25) is 9.59 Å². The zero-order valence-electron chi connectivity index (χ0n) is 15.0. The number of nitrogens with one attached hydrogen (secondary N) is 2. The fourth-order valence-corrected chi connectivity index (χ4v) is 6.21. The minimum Gasteiger partial charge on any atom is -0.350 e. The average Bonchev–Trinajstić information content (AvgIpc) is 3.33. The third-order valence-electron chi connectivity index (χ3n) is 6.94. The average molecular weight is 370 g/mol. The van der Waals surface area contributed by atoms with Crippen LogP contribution in [0.1, 0.15) is 57.8 Å². The van der Waals surface area contributed by atoms with Gasteiger partial charge in [-0.25, -0.2) is 0 Å². The van der Waals surface area contributed by atoms with Gasteiger partial charge in [0.1, 0.15) is 0 Å². The predicted octanol–water partition coefficient (Wildman–Crippen LogP) is 1.98. The monoisotopic (exact) mass is 369 g/mol. The molecule has 5 rings (SSSR count). The SMILES string of the molecule is Cl.NCC(NC(=O)CNC(=O)CC12CC3CC(CC(C3)C1)C2)C1CC1. The molecule has 0 aromatic heterocycles. The Balaban J connectivity index is 0.00000182. The van der Waals surface area contributed by atoms with E-state index in [1.165, 1.54) is 38.5 Å². The predicted molar refractivity (Wildman–Crippen MR) is 99.2 cm³/mol. The fourth-order valence-electron chi connectivity index (χ4n) is 6.21. The van der Waals surface area contributed by atoms with Crippen LogP contribution < -0.4 is 16.4 Å². The molecule has 6 heteroatoms. The molecule has 0 radical (unpaired) electrons. The van der Waals surface area contributed by atoms with E-state index in [9.17, 15) is 9.59 Å². The second kappa shape index (κ2) is 7.43. The highest BCUT2D eigenvalue weighted by Crippen LogP contribution is 2.61. The van der Waals surface area contributed by atoms with Gasteiger partial charge in [0, 0.05) is 19.0 Å². The molecule has 1 atom stereocenters. The molecule has 0 heterocycles. The highest BCUT2D eigenvalue weighted by atomic mass is 35.5. The summed E-state index contributed by atoms with van der Waals surface area (Å²) in [6.07, 6.45) is 10.8. The van der Waals surface area contributed by atoms with E-state index < -0.39 is 0 Å². The van der Waals surface area contributed by atoms with Crippen LogP contribution in [0.2, 0.25) is 0 Å². The summed E-state index contributed by atoms with van der Waals surface area (Å²) in [6, 6.07) is 0.0811. The zero-order valence-corrected chi connectivity index (χ0v) is 15.8. The topological polar surface area (TPSA) is 84.2 Å². The smallest absolute Gasteiger partial charge is 0.239 e. The molecule has 142 valence electrons. The van der Waals surface area contributed by atoms with Crippen LogP contribution in [-0.4, -0.2) is 30.9 Å². The van der Waals surface area contributed by atoms with Crippen molar-refractivity contribution >= 4 is 24.2 Å². The van der Waals surface area contributed by atoms with Gasteiger partial charge in [0.2, 0.25) is 11.8 Å². The molecule has 4 N–H and O–H groups in total. The number of hydrogen-bond acceptors (Lipinski definition) is 3. The molecule has 4 bridgehead atoms. The van der Waals surface area contributed by atoms with E-state index in [0.717, 1.165) is 30.6 Å². The van der Waals surface area contributed by atoms with Crippen molar-refractivity contribution in [1.29, 1.82) is 0 Å². The van der Waals surface area contributed by atoms with E-state index >= 15 is 0 Å². The number of carbonyl (C=O) groups is 2. The van der Waals surface area contributed by atoms with Crippen molar-refractivity contribution in [2.45, 2.75) is 63.8 Å². The molecule has 5 nitrogen and oxygen atoms in total. The van der Waals surface area contributed by atoms with E-state index in [1.54, 1.807) is 0 Å². The van der Waals surface area contributed by atoms with Crippen molar-refractivity contribution < 1.29 is 9.59 Å². The minimum absolute atomic E-state index is 0. The quantitative estimate of drug-likeness (QED) is 0.641. The lowest BCUT2D eigenvalue weighted by molar-refractivity contribution is -0.132. The maximum Gasteiger partial charge on any atom is 0.239 e. The first-order valence-corrected chi connectivity index (χ1v) is 9.81. The van der Waals surface area contributed by atoms with E-state index in [0.29, 0.717) is 18.9 Å². The second-order valence-corrected chi connectivity index (χ2v) is 9.12. The van der Waals surface area contributed by atoms with E-state index in [2.05, 4.69) is 10.6 Å². The second-order valence-electron chi connectivity index (χ2n) is 9.12. The maximum atomic E-state index is 12.4. The summed E-state index contributed by atoms with van der Waals surface area (Å²) >= 11 is 0. The van der Waals surface area contributed by atoms with E-state index in [4.69, 9.17) is 5.73 Å². The number of halogens is 1. The van der Waals surface area contributed by atoms with Gasteiger partial charge in [-0.2, -0.15) is 0 Å². The molecule has 0 aromatic carbocycles. The van der Waals surface area contributed by atoms with Crippen molar-refractivity contribution in [3.8, 4) is 0 Å². The number of carbonyl (C=O) groups excluding carboxylic acids is 2. The molecule has 5 aliphatic carbocycles. The number of rotatable bonds is 7. The first kappa shape index (κ1) is 19.0. The summed E-state index contributed by atoms with van der Waals surface area (Å²) < 4.78 is 0. The van der Waals surface area contributed by atoms with Gasteiger partial charge in [0.25, 0.3) is 0 Å². The first-order chi connectivity index (χ1) is 11.5. The van der Waals surface area contributed by atoms with Crippen LogP contribution in [0.4, 0.5) is 0 Å². The van der Waals surface area contributed by atoms with E-state index in [-0.39, 0.29) is 42.2 Å². The third-order valence-corrected chi connectivity index (χ3v) is 6.94. The minimum atomic E-state index is -0.101. The van der Waals surface area contributed by atoms with Gasteiger partial charge < -0.3 is 16.4 Å². The molecule has 0 spiro atoms. The molecule has 1 unspecified atom stereocenters. The normalized spacial score (nSPS) is 36.4. The van der Waals surface area contributed by atoms with Crippen LogP contribution in [-0.2, 0) is 9.59 Å². The van der Waals surface area contributed by atoms with Crippen molar-refractivity contribution in [2.75, 3.05) is 13.1 Å². The Hall–Kier alpha value is -0.810. The van der Waals surface area contributed by atoms with Crippen LogP contribution in [0.3, 0.4) is 0 Å². The number of hydrogen-bond donors (Lipinski definition) is 3. The van der Waals surface area contributed by atoms with Crippen molar-refractivity contribution in [3.05, 3.63) is 0 Å². The maximum absolute atomic E-state index is 12.4. The van der Waals surface area contributed by atoms with Crippen molar-refractivity contribution in [2.24, 2.45) is 34.8 Å². The van der Waals surface area contributed by atoms with Crippen LogP contribution in [0, 0.1) is 29.1 Å². The van der Waals surface area contributed by atoms with Crippen LogP contribution in [0.15, 0.2) is 0 Å². The van der Waals surface area contributed by atoms with Gasteiger partial charge in [-0.15, -0.1) is 12.4 Å². The summed E-state index contributed by atoms with van der Waals surface area (Å²) in [5, 5.41) is 5.82. The van der Waals surface area contributed by atoms with Crippen LogP contribution >= 0.6 is 12.4 Å². The third kappa shape index (κ3) is 4.30. The lowest BCUT2D eigenvalue weighted by Crippen LogP contribution is -2.49. The summed E-state index contributed by atoms with van der Waals surface area (Å²) in [5.74, 6) is 3.07. The first-order valence-electron chi connectivity index (χ1n) is 9.81. The van der Waals surface area contributed by atoms with Crippen molar-refractivity contribution in [1.82, 2.24) is 10.6 Å². The number of nitrogens with two attached hydrogens (primary N) is 1. The standard InChI is InChI=1S/C19H31N3O2.ClH/c20-10-16(15-1-2-15)22-18(24)11-21-17(23)9-19-6-12-3-13(7-19)5-14(4-12)8-19;/h12-16H,1-11,20H2,(H,21,23)(H,22,24);1H. The summed E-state index contributed by atoms with van der Waals surface area (Å²) in [7, 11) is 0. The highest BCUT2D eigenvalue weighted by molar-refractivity contribution is 5.85. The summed E-state index contributed by atoms with van der Waals surface area (Å²) in [5.41, 5.74) is 5.95.